The molecule has 0 bridgehead atoms. The van der Waals surface area contributed by atoms with E-state index in [1.165, 1.54) is 0 Å². The van der Waals surface area contributed by atoms with E-state index in [-0.39, 0.29) is 5.91 Å². The molecule has 2 rings (SSSR count). The first-order valence-electron chi connectivity index (χ1n) is 5.19. The molecule has 19 heavy (non-hydrogen) atoms. The van der Waals surface area contributed by atoms with Crippen LogP contribution in [0.15, 0.2) is 45.3 Å². The summed E-state index contributed by atoms with van der Waals surface area (Å²) in [5, 5.41) is 3.25. The van der Waals surface area contributed by atoms with E-state index < -0.39 is 0 Å². The maximum atomic E-state index is 12.2. The molecule has 0 unspecified atom stereocenters. The van der Waals surface area contributed by atoms with Gasteiger partial charge in [-0.3, -0.25) is 4.79 Å². The minimum absolute atomic E-state index is 0.242. The third-order valence-corrected chi connectivity index (χ3v) is 4.50. The lowest BCUT2D eigenvalue weighted by atomic mass is 10.2. The Morgan fingerprint density at radius 3 is 2.58 bits per heavy atom. The molecule has 0 aromatic heterocycles. The van der Waals surface area contributed by atoms with E-state index in [9.17, 15) is 4.79 Å². The first-order chi connectivity index (χ1) is 8.97. The zero-order chi connectivity index (χ0) is 14.0. The van der Waals surface area contributed by atoms with Crippen LogP contribution in [0.1, 0.15) is 10.4 Å². The number of anilines is 1. The average Bonchev–Trinajstić information content (AvgIpc) is 2.35. The van der Waals surface area contributed by atoms with Gasteiger partial charge in [-0.05, 0) is 74.9 Å². The summed E-state index contributed by atoms with van der Waals surface area (Å²) in [5.74, 6) is -0.242. The summed E-state index contributed by atoms with van der Waals surface area (Å²) in [6.45, 7) is 0. The molecule has 98 valence electrons. The summed E-state index contributed by atoms with van der Waals surface area (Å²) in [6.07, 6.45) is 0. The van der Waals surface area contributed by atoms with Crippen LogP contribution in [0.25, 0.3) is 0 Å². The fourth-order valence-corrected chi connectivity index (χ4v) is 3.41. The van der Waals surface area contributed by atoms with Crippen molar-refractivity contribution in [2.75, 3.05) is 5.32 Å². The van der Waals surface area contributed by atoms with Gasteiger partial charge in [0, 0.05) is 12.5 Å². The van der Waals surface area contributed by atoms with E-state index in [0.29, 0.717) is 16.3 Å². The highest BCUT2D eigenvalue weighted by Gasteiger charge is 2.12. The Hall–Kier alpha value is -0.110. The van der Waals surface area contributed by atoms with Gasteiger partial charge in [-0.15, -0.1) is 0 Å². The molecule has 2 aromatic carbocycles. The minimum atomic E-state index is -0.242. The normalized spacial score (nSPS) is 10.3. The molecule has 0 radical (unpaired) electrons. The standard InChI is InChI=1S/C13H7Br2ClINO/c14-7-1-3-11(16)9(5-7)13(19)18-12-4-2-8(17)6-10(12)15/h1-6H,(H,18,19). The second-order valence-corrected chi connectivity index (χ2v) is 7.13. The van der Waals surface area contributed by atoms with Crippen molar-refractivity contribution in [3.8, 4) is 0 Å². The van der Waals surface area contributed by atoms with Crippen molar-refractivity contribution in [1.82, 2.24) is 0 Å². The summed E-state index contributed by atoms with van der Waals surface area (Å²) in [5.41, 5.74) is 1.14. The lowest BCUT2D eigenvalue weighted by Gasteiger charge is -2.09. The molecular weight excluding hydrogens is 508 g/mol. The Bertz CT molecular complexity index is 649. The number of carbonyl (C=O) groups excluding carboxylic acids is 1. The predicted octanol–water partition coefficient (Wildman–Crippen LogP) is 5.72. The quantitative estimate of drug-likeness (QED) is 0.510. The zero-order valence-electron chi connectivity index (χ0n) is 9.38. The largest absolute Gasteiger partial charge is 0.321 e. The van der Waals surface area contributed by atoms with Gasteiger partial charge in [-0.1, -0.05) is 27.5 Å². The van der Waals surface area contributed by atoms with E-state index in [4.69, 9.17) is 11.6 Å². The highest BCUT2D eigenvalue weighted by Crippen LogP contribution is 2.27. The van der Waals surface area contributed by atoms with E-state index in [1.54, 1.807) is 18.2 Å². The fraction of sp³-hybridized carbons (Fsp3) is 0. The summed E-state index contributed by atoms with van der Waals surface area (Å²) in [6, 6.07) is 10.9. The van der Waals surface area contributed by atoms with E-state index in [1.807, 2.05) is 18.2 Å². The Kier molecular flexibility index (Phi) is 5.28. The number of amides is 1. The predicted molar refractivity (Wildman–Crippen MR) is 94.0 cm³/mol. The molecule has 0 saturated heterocycles. The third-order valence-electron chi connectivity index (χ3n) is 2.35. The molecule has 0 atom stereocenters. The number of halogens is 4. The first kappa shape index (κ1) is 15.3. The van der Waals surface area contributed by atoms with Gasteiger partial charge in [0.25, 0.3) is 5.91 Å². The SMILES string of the molecule is O=C(Nc1ccc(I)cc1Br)c1cc(Br)ccc1Cl. The number of carbonyl (C=O) groups is 1. The van der Waals surface area contributed by atoms with Gasteiger partial charge >= 0.3 is 0 Å². The molecule has 0 aliphatic carbocycles. The van der Waals surface area contributed by atoms with Crippen LogP contribution in [0.2, 0.25) is 5.02 Å². The number of benzene rings is 2. The molecule has 1 amide bonds. The zero-order valence-corrected chi connectivity index (χ0v) is 15.5. The van der Waals surface area contributed by atoms with Crippen LogP contribution in [-0.2, 0) is 0 Å². The van der Waals surface area contributed by atoms with Crippen LogP contribution in [0.5, 0.6) is 0 Å². The van der Waals surface area contributed by atoms with Crippen LogP contribution in [0.3, 0.4) is 0 Å². The van der Waals surface area contributed by atoms with Gasteiger partial charge in [-0.2, -0.15) is 0 Å². The fourth-order valence-electron chi connectivity index (χ4n) is 1.45. The summed E-state index contributed by atoms with van der Waals surface area (Å²) in [4.78, 5) is 12.2. The van der Waals surface area contributed by atoms with Gasteiger partial charge in [0.15, 0.2) is 0 Å². The van der Waals surface area contributed by atoms with Gasteiger partial charge < -0.3 is 5.32 Å². The lowest BCUT2D eigenvalue weighted by molar-refractivity contribution is 0.102. The number of rotatable bonds is 2. The van der Waals surface area contributed by atoms with E-state index >= 15 is 0 Å². The Morgan fingerprint density at radius 2 is 1.89 bits per heavy atom. The van der Waals surface area contributed by atoms with Crippen molar-refractivity contribution >= 4 is 77.6 Å². The summed E-state index contributed by atoms with van der Waals surface area (Å²) in [7, 11) is 0. The number of hydrogen-bond acceptors (Lipinski definition) is 1. The molecule has 0 saturated carbocycles. The molecule has 0 fully saturated rings. The lowest BCUT2D eigenvalue weighted by Crippen LogP contribution is -2.13. The molecular formula is C13H7Br2ClINO. The smallest absolute Gasteiger partial charge is 0.257 e. The van der Waals surface area contributed by atoms with Crippen LogP contribution in [-0.4, -0.2) is 5.91 Å². The topological polar surface area (TPSA) is 29.1 Å². The van der Waals surface area contributed by atoms with Gasteiger partial charge in [0.1, 0.15) is 0 Å². The van der Waals surface area contributed by atoms with Gasteiger partial charge in [-0.25, -0.2) is 0 Å². The molecule has 2 nitrogen and oxygen atoms in total. The van der Waals surface area contributed by atoms with Crippen LogP contribution in [0, 0.1) is 3.57 Å². The van der Waals surface area contributed by atoms with E-state index in [2.05, 4.69) is 59.8 Å². The monoisotopic (exact) mass is 513 g/mol. The van der Waals surface area contributed by atoms with Crippen molar-refractivity contribution in [1.29, 1.82) is 0 Å². The van der Waals surface area contributed by atoms with Crippen LogP contribution in [0.4, 0.5) is 5.69 Å². The van der Waals surface area contributed by atoms with Crippen molar-refractivity contribution in [2.24, 2.45) is 0 Å². The molecule has 1 N–H and O–H groups in total. The van der Waals surface area contributed by atoms with Gasteiger partial charge in [0.05, 0.1) is 16.3 Å². The molecule has 6 heteroatoms. The van der Waals surface area contributed by atoms with Crippen molar-refractivity contribution in [3.63, 3.8) is 0 Å². The molecule has 0 heterocycles. The second kappa shape index (κ2) is 6.56. The maximum Gasteiger partial charge on any atom is 0.257 e. The first-order valence-corrected chi connectivity index (χ1v) is 8.23. The van der Waals surface area contributed by atoms with Gasteiger partial charge in [0.2, 0.25) is 0 Å². The maximum absolute atomic E-state index is 12.2. The van der Waals surface area contributed by atoms with Crippen LogP contribution >= 0.6 is 66.1 Å². The highest BCUT2D eigenvalue weighted by atomic mass is 127. The summed E-state index contributed by atoms with van der Waals surface area (Å²) < 4.78 is 2.73. The average molecular weight is 515 g/mol. The Morgan fingerprint density at radius 1 is 1.16 bits per heavy atom. The molecule has 0 aliphatic heterocycles. The molecule has 0 spiro atoms. The van der Waals surface area contributed by atoms with Crippen molar-refractivity contribution < 1.29 is 4.79 Å². The van der Waals surface area contributed by atoms with Crippen molar-refractivity contribution in [3.05, 3.63) is 59.5 Å². The Labute approximate surface area is 146 Å². The number of hydrogen-bond donors (Lipinski definition) is 1. The molecule has 2 aromatic rings. The summed E-state index contributed by atoms with van der Waals surface area (Å²) >= 11 is 15.0. The highest BCUT2D eigenvalue weighted by molar-refractivity contribution is 14.1. The molecule has 0 aliphatic rings. The van der Waals surface area contributed by atoms with E-state index in [0.717, 1.165) is 12.5 Å². The third kappa shape index (κ3) is 3.93. The number of nitrogens with one attached hydrogen (secondary N) is 1. The Balaban J connectivity index is 2.28. The second-order valence-electron chi connectivity index (χ2n) is 3.70. The minimum Gasteiger partial charge on any atom is -0.321 e. The van der Waals surface area contributed by atoms with Crippen LogP contribution < -0.4 is 5.32 Å². The van der Waals surface area contributed by atoms with Crippen molar-refractivity contribution in [2.45, 2.75) is 0 Å².